The lowest BCUT2D eigenvalue weighted by Crippen LogP contribution is -2.40. The second-order valence-corrected chi connectivity index (χ2v) is 6.96. The van der Waals surface area contributed by atoms with Crippen molar-refractivity contribution in [3.63, 3.8) is 0 Å². The molecule has 1 unspecified atom stereocenters. The molecular weight excluding hydrogens is 319 g/mol. The van der Waals surface area contributed by atoms with E-state index in [0.29, 0.717) is 18.5 Å². The maximum absolute atomic E-state index is 13.8. The zero-order chi connectivity index (χ0) is 14.5. The van der Waals surface area contributed by atoms with Crippen LogP contribution in [-0.4, -0.2) is 30.6 Å². The summed E-state index contributed by atoms with van der Waals surface area (Å²) in [5, 5.41) is 3.51. The van der Waals surface area contributed by atoms with Crippen molar-refractivity contribution in [2.75, 3.05) is 19.6 Å². The highest BCUT2D eigenvalue weighted by Gasteiger charge is 2.20. The van der Waals surface area contributed by atoms with E-state index in [9.17, 15) is 4.39 Å². The minimum atomic E-state index is -0.101. The molecule has 0 saturated carbocycles. The quantitative estimate of drug-likeness (QED) is 0.875. The van der Waals surface area contributed by atoms with Gasteiger partial charge in [0.15, 0.2) is 0 Å². The molecular formula is C16H24BrFN2. The fourth-order valence-corrected chi connectivity index (χ4v) is 3.18. The predicted molar refractivity (Wildman–Crippen MR) is 85.2 cm³/mol. The Hall–Kier alpha value is -0.450. The Morgan fingerprint density at radius 2 is 2.25 bits per heavy atom. The number of nitrogens with one attached hydrogen (secondary N) is 1. The average molecular weight is 343 g/mol. The molecule has 0 aliphatic carbocycles. The van der Waals surface area contributed by atoms with Crippen LogP contribution in [0.1, 0.15) is 32.3 Å². The molecule has 2 nitrogen and oxygen atoms in total. The van der Waals surface area contributed by atoms with E-state index >= 15 is 0 Å². The van der Waals surface area contributed by atoms with Gasteiger partial charge in [-0.1, -0.05) is 29.8 Å². The summed E-state index contributed by atoms with van der Waals surface area (Å²) in [5.41, 5.74) is 0.789. The van der Waals surface area contributed by atoms with Gasteiger partial charge in [0.25, 0.3) is 0 Å². The summed E-state index contributed by atoms with van der Waals surface area (Å²) < 4.78 is 14.8. The number of rotatable bonds is 5. The molecule has 20 heavy (non-hydrogen) atoms. The zero-order valence-corrected chi connectivity index (χ0v) is 13.9. The van der Waals surface area contributed by atoms with Crippen LogP contribution in [0.3, 0.4) is 0 Å². The van der Waals surface area contributed by atoms with E-state index in [0.717, 1.165) is 29.7 Å². The lowest BCUT2D eigenvalue weighted by atomic mass is 9.97. The lowest BCUT2D eigenvalue weighted by Gasteiger charge is -2.33. The molecule has 0 bridgehead atoms. The Bertz CT molecular complexity index is 436. The van der Waals surface area contributed by atoms with Crippen LogP contribution in [-0.2, 0) is 6.54 Å². The number of hydrogen-bond acceptors (Lipinski definition) is 2. The highest BCUT2D eigenvalue weighted by Crippen LogP contribution is 2.21. The maximum Gasteiger partial charge on any atom is 0.127 e. The molecule has 1 saturated heterocycles. The highest BCUT2D eigenvalue weighted by molar-refractivity contribution is 9.10. The van der Waals surface area contributed by atoms with E-state index in [-0.39, 0.29) is 5.82 Å². The van der Waals surface area contributed by atoms with Gasteiger partial charge in [0, 0.05) is 29.2 Å². The van der Waals surface area contributed by atoms with Crippen molar-refractivity contribution in [3.8, 4) is 0 Å². The molecule has 1 atom stereocenters. The van der Waals surface area contributed by atoms with E-state index in [1.165, 1.54) is 12.8 Å². The van der Waals surface area contributed by atoms with Gasteiger partial charge < -0.3 is 5.32 Å². The van der Waals surface area contributed by atoms with Crippen LogP contribution in [0.5, 0.6) is 0 Å². The summed E-state index contributed by atoms with van der Waals surface area (Å²) in [4.78, 5) is 2.38. The van der Waals surface area contributed by atoms with Crippen molar-refractivity contribution in [2.45, 2.75) is 39.3 Å². The van der Waals surface area contributed by atoms with Crippen LogP contribution < -0.4 is 5.32 Å². The van der Waals surface area contributed by atoms with E-state index < -0.39 is 0 Å². The van der Waals surface area contributed by atoms with E-state index in [4.69, 9.17) is 0 Å². The van der Waals surface area contributed by atoms with Crippen molar-refractivity contribution in [1.82, 2.24) is 10.2 Å². The molecule has 112 valence electrons. The van der Waals surface area contributed by atoms with E-state index in [1.807, 2.05) is 6.07 Å². The number of hydrogen-bond donors (Lipinski definition) is 1. The molecule has 4 heteroatoms. The second kappa shape index (κ2) is 7.53. The Morgan fingerprint density at radius 1 is 1.45 bits per heavy atom. The van der Waals surface area contributed by atoms with Crippen molar-refractivity contribution >= 4 is 15.9 Å². The fourth-order valence-electron chi connectivity index (χ4n) is 2.77. The largest absolute Gasteiger partial charge is 0.314 e. The minimum Gasteiger partial charge on any atom is -0.314 e. The normalized spacial score (nSPS) is 20.6. The molecule has 2 rings (SSSR count). The number of benzene rings is 1. The number of nitrogens with zero attached hydrogens (tertiary/aromatic N) is 1. The van der Waals surface area contributed by atoms with Gasteiger partial charge in [0.05, 0.1) is 0 Å². The first-order valence-electron chi connectivity index (χ1n) is 7.44. The standard InChI is InChI=1S/C16H24BrFN2/c1-12(2)19-9-13-4-3-7-20(10-13)11-14-8-15(17)5-6-16(14)18/h5-6,8,12-13,19H,3-4,7,9-11H2,1-2H3. The van der Waals surface area contributed by atoms with Gasteiger partial charge in [0.1, 0.15) is 5.82 Å². The van der Waals surface area contributed by atoms with Gasteiger partial charge in [-0.3, -0.25) is 4.90 Å². The molecule has 1 aromatic rings. The second-order valence-electron chi connectivity index (χ2n) is 6.04. The summed E-state index contributed by atoms with van der Waals surface area (Å²) in [6.07, 6.45) is 2.48. The Morgan fingerprint density at radius 3 is 3.00 bits per heavy atom. The molecule has 1 aliphatic rings. The first-order valence-corrected chi connectivity index (χ1v) is 8.23. The first-order chi connectivity index (χ1) is 9.54. The van der Waals surface area contributed by atoms with E-state index in [2.05, 4.69) is 40.0 Å². The Balaban J connectivity index is 1.90. The number of likely N-dealkylation sites (tertiary alicyclic amines) is 1. The van der Waals surface area contributed by atoms with Gasteiger partial charge in [-0.2, -0.15) is 0 Å². The van der Waals surface area contributed by atoms with Crippen LogP contribution in [0, 0.1) is 11.7 Å². The van der Waals surface area contributed by atoms with Crippen LogP contribution >= 0.6 is 15.9 Å². The van der Waals surface area contributed by atoms with Crippen LogP contribution in [0.25, 0.3) is 0 Å². The molecule has 1 fully saturated rings. The monoisotopic (exact) mass is 342 g/mol. The molecule has 0 radical (unpaired) electrons. The first kappa shape index (κ1) is 15.9. The predicted octanol–water partition coefficient (Wildman–Crippen LogP) is 3.80. The van der Waals surface area contributed by atoms with Crippen LogP contribution in [0.2, 0.25) is 0 Å². The van der Waals surface area contributed by atoms with Crippen LogP contribution in [0.4, 0.5) is 4.39 Å². The molecule has 1 aromatic carbocycles. The molecule has 0 amide bonds. The maximum atomic E-state index is 13.8. The summed E-state index contributed by atoms with van der Waals surface area (Å²) in [5.74, 6) is 0.581. The highest BCUT2D eigenvalue weighted by atomic mass is 79.9. The Labute approximate surface area is 129 Å². The van der Waals surface area contributed by atoms with Crippen molar-refractivity contribution in [2.24, 2.45) is 5.92 Å². The summed E-state index contributed by atoms with van der Waals surface area (Å²) >= 11 is 3.42. The smallest absolute Gasteiger partial charge is 0.127 e. The average Bonchev–Trinajstić information content (AvgIpc) is 2.41. The molecule has 0 spiro atoms. The van der Waals surface area contributed by atoms with E-state index in [1.54, 1.807) is 12.1 Å². The summed E-state index contributed by atoms with van der Waals surface area (Å²) in [6.45, 7) is 8.27. The molecule has 1 heterocycles. The van der Waals surface area contributed by atoms with Gasteiger partial charge >= 0.3 is 0 Å². The number of halogens is 2. The summed E-state index contributed by atoms with van der Waals surface area (Å²) in [7, 11) is 0. The molecule has 1 N–H and O–H groups in total. The van der Waals surface area contributed by atoms with Gasteiger partial charge in [-0.25, -0.2) is 4.39 Å². The van der Waals surface area contributed by atoms with Gasteiger partial charge in [0.2, 0.25) is 0 Å². The van der Waals surface area contributed by atoms with Crippen molar-refractivity contribution < 1.29 is 4.39 Å². The Kier molecular flexibility index (Phi) is 6.00. The molecule has 0 aromatic heterocycles. The third-order valence-electron chi connectivity index (χ3n) is 3.82. The van der Waals surface area contributed by atoms with Gasteiger partial charge in [-0.15, -0.1) is 0 Å². The van der Waals surface area contributed by atoms with Crippen LogP contribution in [0.15, 0.2) is 22.7 Å². The third-order valence-corrected chi connectivity index (χ3v) is 4.31. The van der Waals surface area contributed by atoms with Crippen molar-refractivity contribution in [3.05, 3.63) is 34.1 Å². The van der Waals surface area contributed by atoms with Gasteiger partial charge in [-0.05, 0) is 50.0 Å². The third kappa shape index (κ3) is 4.83. The molecule has 1 aliphatic heterocycles. The van der Waals surface area contributed by atoms with Crippen molar-refractivity contribution in [1.29, 1.82) is 0 Å². The zero-order valence-electron chi connectivity index (χ0n) is 12.3. The SMILES string of the molecule is CC(C)NCC1CCCN(Cc2cc(Br)ccc2F)C1. The topological polar surface area (TPSA) is 15.3 Å². The lowest BCUT2D eigenvalue weighted by molar-refractivity contribution is 0.162. The number of piperidine rings is 1. The summed E-state index contributed by atoms with van der Waals surface area (Å²) in [6, 6.07) is 5.73. The fraction of sp³-hybridized carbons (Fsp3) is 0.625. The minimum absolute atomic E-state index is 0.101.